The van der Waals surface area contributed by atoms with E-state index in [1.54, 1.807) is 24.3 Å². The molecule has 1 aliphatic rings. The fourth-order valence-corrected chi connectivity index (χ4v) is 3.32. The third-order valence-electron chi connectivity index (χ3n) is 4.83. The van der Waals surface area contributed by atoms with Gasteiger partial charge in [0, 0.05) is 6.04 Å². The third kappa shape index (κ3) is 5.64. The molecular formula is C20H24N4O5. The molecule has 0 aliphatic heterocycles. The second-order valence-electron chi connectivity index (χ2n) is 6.85. The number of methoxy groups -OCH3 is 1. The van der Waals surface area contributed by atoms with Crippen LogP contribution >= 0.6 is 0 Å². The smallest absolute Gasteiger partial charge is 0.284 e. The van der Waals surface area contributed by atoms with E-state index in [9.17, 15) is 14.9 Å². The minimum absolute atomic E-state index is 0.121. The molecule has 0 saturated heterocycles. The van der Waals surface area contributed by atoms with Crippen LogP contribution in [0.25, 0.3) is 11.3 Å². The Bertz CT molecular complexity index is 887. The standard InChI is InChI=1S/C20H24N4O5/c1-28-15-7-9-17(18(11-15)24(26)27)19-10-8-16(29-19)12-22-23-20(25)13-21-14-5-3-2-4-6-14/h7-12,14,21H,2-6,13H2,1H3,(H,23,25). The fraction of sp³-hybridized carbons (Fsp3) is 0.400. The number of amides is 1. The quantitative estimate of drug-likeness (QED) is 0.399. The molecule has 1 heterocycles. The van der Waals surface area contributed by atoms with E-state index in [-0.39, 0.29) is 18.1 Å². The van der Waals surface area contributed by atoms with Crippen molar-refractivity contribution in [1.29, 1.82) is 0 Å². The maximum atomic E-state index is 11.9. The summed E-state index contributed by atoms with van der Waals surface area (Å²) in [5.41, 5.74) is 2.66. The van der Waals surface area contributed by atoms with Crippen molar-refractivity contribution in [2.45, 2.75) is 38.1 Å². The van der Waals surface area contributed by atoms with E-state index >= 15 is 0 Å². The lowest BCUT2D eigenvalue weighted by Gasteiger charge is -2.22. The maximum Gasteiger partial charge on any atom is 0.284 e. The largest absolute Gasteiger partial charge is 0.497 e. The molecule has 1 aromatic heterocycles. The average Bonchev–Trinajstić information content (AvgIpc) is 3.21. The molecule has 3 rings (SSSR count). The molecule has 1 fully saturated rings. The Morgan fingerprint density at radius 1 is 1.31 bits per heavy atom. The van der Waals surface area contributed by atoms with E-state index in [1.807, 2.05) is 0 Å². The monoisotopic (exact) mass is 400 g/mol. The zero-order chi connectivity index (χ0) is 20.6. The number of hydrazone groups is 1. The van der Waals surface area contributed by atoms with Crippen LogP contribution in [0.15, 0.2) is 39.9 Å². The lowest BCUT2D eigenvalue weighted by atomic mass is 9.95. The Morgan fingerprint density at radius 3 is 2.83 bits per heavy atom. The highest BCUT2D eigenvalue weighted by Crippen LogP contribution is 2.33. The van der Waals surface area contributed by atoms with Gasteiger partial charge in [0.25, 0.3) is 11.6 Å². The third-order valence-corrected chi connectivity index (χ3v) is 4.83. The Kier molecular flexibility index (Phi) is 6.96. The van der Waals surface area contributed by atoms with Crippen LogP contribution in [0, 0.1) is 10.1 Å². The van der Waals surface area contributed by atoms with Crippen LogP contribution in [0.1, 0.15) is 37.9 Å². The summed E-state index contributed by atoms with van der Waals surface area (Å²) < 4.78 is 10.6. The van der Waals surface area contributed by atoms with Crippen molar-refractivity contribution in [3.05, 3.63) is 46.2 Å². The van der Waals surface area contributed by atoms with Gasteiger partial charge >= 0.3 is 0 Å². The van der Waals surface area contributed by atoms with Gasteiger partial charge in [-0.15, -0.1) is 0 Å². The van der Waals surface area contributed by atoms with Crippen molar-refractivity contribution < 1.29 is 18.9 Å². The van der Waals surface area contributed by atoms with E-state index in [0.29, 0.717) is 28.9 Å². The van der Waals surface area contributed by atoms with Gasteiger partial charge in [-0.3, -0.25) is 14.9 Å². The molecule has 2 aromatic rings. The number of ether oxygens (including phenoxy) is 1. The van der Waals surface area contributed by atoms with Gasteiger partial charge in [-0.2, -0.15) is 5.10 Å². The van der Waals surface area contributed by atoms with Crippen molar-refractivity contribution in [3.63, 3.8) is 0 Å². The zero-order valence-electron chi connectivity index (χ0n) is 16.2. The second-order valence-corrected chi connectivity index (χ2v) is 6.85. The first-order chi connectivity index (χ1) is 14.1. The lowest BCUT2D eigenvalue weighted by molar-refractivity contribution is -0.384. The number of carbonyl (C=O) groups excluding carboxylic acids is 1. The van der Waals surface area contributed by atoms with Crippen molar-refractivity contribution >= 4 is 17.8 Å². The first-order valence-corrected chi connectivity index (χ1v) is 9.54. The summed E-state index contributed by atoms with van der Waals surface area (Å²) in [6.45, 7) is 0.212. The highest BCUT2D eigenvalue weighted by atomic mass is 16.6. The Hall–Kier alpha value is -3.20. The van der Waals surface area contributed by atoms with Gasteiger partial charge < -0.3 is 14.5 Å². The summed E-state index contributed by atoms with van der Waals surface area (Å²) in [6.07, 6.45) is 7.22. The molecule has 29 heavy (non-hydrogen) atoms. The maximum absolute atomic E-state index is 11.9. The summed E-state index contributed by atoms with van der Waals surface area (Å²) in [6, 6.07) is 8.16. The molecule has 0 bridgehead atoms. The van der Waals surface area contributed by atoms with Gasteiger partial charge in [0.1, 0.15) is 17.3 Å². The number of nitro benzene ring substituents is 1. The molecule has 1 aromatic carbocycles. The van der Waals surface area contributed by atoms with Gasteiger partial charge in [0.2, 0.25) is 0 Å². The summed E-state index contributed by atoms with van der Waals surface area (Å²) in [7, 11) is 1.44. The predicted octanol–water partition coefficient (Wildman–Crippen LogP) is 3.24. The van der Waals surface area contributed by atoms with E-state index in [1.165, 1.54) is 38.7 Å². The number of hydrogen-bond acceptors (Lipinski definition) is 7. The molecule has 9 heteroatoms. The summed E-state index contributed by atoms with van der Waals surface area (Å²) in [5.74, 6) is 0.847. The second kappa shape index (κ2) is 9.83. The summed E-state index contributed by atoms with van der Waals surface area (Å²) in [4.78, 5) is 22.7. The van der Waals surface area contributed by atoms with Crippen LogP contribution in [0.3, 0.4) is 0 Å². The zero-order valence-corrected chi connectivity index (χ0v) is 16.2. The van der Waals surface area contributed by atoms with E-state index < -0.39 is 4.92 Å². The Labute approximate surface area is 168 Å². The number of nitrogens with one attached hydrogen (secondary N) is 2. The highest BCUT2D eigenvalue weighted by molar-refractivity contribution is 5.82. The van der Waals surface area contributed by atoms with Crippen LogP contribution in [-0.2, 0) is 4.79 Å². The molecule has 1 saturated carbocycles. The molecule has 0 spiro atoms. The van der Waals surface area contributed by atoms with Crippen LogP contribution in [0.5, 0.6) is 5.75 Å². The van der Waals surface area contributed by atoms with Crippen molar-refractivity contribution in [2.24, 2.45) is 5.10 Å². The number of benzene rings is 1. The minimum atomic E-state index is -0.492. The molecular weight excluding hydrogens is 376 g/mol. The molecule has 1 aliphatic carbocycles. The number of furan rings is 1. The topological polar surface area (TPSA) is 119 Å². The normalized spacial score (nSPS) is 14.8. The Morgan fingerprint density at radius 2 is 2.10 bits per heavy atom. The number of nitrogens with zero attached hydrogens (tertiary/aromatic N) is 2. The van der Waals surface area contributed by atoms with Crippen LogP contribution < -0.4 is 15.5 Å². The minimum Gasteiger partial charge on any atom is -0.497 e. The fourth-order valence-electron chi connectivity index (χ4n) is 3.32. The number of rotatable bonds is 8. The summed E-state index contributed by atoms with van der Waals surface area (Å²) >= 11 is 0. The summed E-state index contributed by atoms with van der Waals surface area (Å²) in [5, 5.41) is 18.4. The van der Waals surface area contributed by atoms with Crippen molar-refractivity contribution in [3.8, 4) is 17.1 Å². The number of carbonyl (C=O) groups is 1. The SMILES string of the molecule is COc1ccc(-c2ccc(C=NNC(=O)CNC3CCCCC3)o2)c([N+](=O)[O-])c1. The van der Waals surface area contributed by atoms with E-state index in [2.05, 4.69) is 15.8 Å². The van der Waals surface area contributed by atoms with E-state index in [0.717, 1.165) is 12.8 Å². The van der Waals surface area contributed by atoms with Crippen LogP contribution in [0.4, 0.5) is 5.69 Å². The van der Waals surface area contributed by atoms with Gasteiger partial charge in [-0.05, 0) is 37.1 Å². The van der Waals surface area contributed by atoms with E-state index in [4.69, 9.17) is 9.15 Å². The highest BCUT2D eigenvalue weighted by Gasteiger charge is 2.19. The molecule has 0 unspecified atom stereocenters. The lowest BCUT2D eigenvalue weighted by Crippen LogP contribution is -2.38. The molecule has 1 amide bonds. The number of hydrogen-bond donors (Lipinski definition) is 2. The van der Waals surface area contributed by atoms with Crippen molar-refractivity contribution in [2.75, 3.05) is 13.7 Å². The predicted molar refractivity (Wildman–Crippen MR) is 108 cm³/mol. The van der Waals surface area contributed by atoms with Gasteiger partial charge in [-0.1, -0.05) is 19.3 Å². The molecule has 0 atom stereocenters. The van der Waals surface area contributed by atoms with Crippen molar-refractivity contribution in [1.82, 2.24) is 10.7 Å². The molecule has 0 radical (unpaired) electrons. The first-order valence-electron chi connectivity index (χ1n) is 9.54. The van der Waals surface area contributed by atoms with Gasteiger partial charge in [0.15, 0.2) is 0 Å². The molecule has 9 nitrogen and oxygen atoms in total. The van der Waals surface area contributed by atoms with Gasteiger partial charge in [-0.25, -0.2) is 5.43 Å². The number of nitro groups is 1. The first kappa shape index (κ1) is 20.5. The van der Waals surface area contributed by atoms with Crippen LogP contribution in [-0.4, -0.2) is 36.7 Å². The van der Waals surface area contributed by atoms with Crippen LogP contribution in [0.2, 0.25) is 0 Å². The van der Waals surface area contributed by atoms with Gasteiger partial charge in [0.05, 0.1) is 36.4 Å². The molecule has 2 N–H and O–H groups in total. The molecule has 154 valence electrons. The average molecular weight is 400 g/mol. The Balaban J connectivity index is 1.57.